The predicted molar refractivity (Wildman–Crippen MR) is 106 cm³/mol. The first kappa shape index (κ1) is 18.5. The van der Waals surface area contributed by atoms with Crippen molar-refractivity contribution in [2.75, 3.05) is 31.2 Å². The van der Waals surface area contributed by atoms with E-state index in [1.165, 1.54) is 24.3 Å². The lowest BCUT2D eigenvalue weighted by Gasteiger charge is -2.27. The number of amidine groups is 1. The molecular formula is C22H23FN2O3. The summed E-state index contributed by atoms with van der Waals surface area (Å²) in [4.78, 5) is 19.6. The van der Waals surface area contributed by atoms with Crippen LogP contribution in [0.15, 0.2) is 47.5 Å². The highest BCUT2D eigenvalue weighted by atomic mass is 19.1. The van der Waals surface area contributed by atoms with E-state index in [0.29, 0.717) is 30.3 Å². The highest BCUT2D eigenvalue weighted by Crippen LogP contribution is 2.34. The van der Waals surface area contributed by atoms with Crippen LogP contribution in [0.2, 0.25) is 0 Å². The zero-order chi connectivity index (χ0) is 19.3. The topological polar surface area (TPSA) is 51.1 Å². The molecule has 2 heterocycles. The van der Waals surface area contributed by atoms with Gasteiger partial charge in [0, 0.05) is 30.3 Å². The Hall–Kier alpha value is -2.89. The van der Waals surface area contributed by atoms with Crippen LogP contribution in [0.4, 0.5) is 10.1 Å². The van der Waals surface area contributed by atoms with Crippen molar-refractivity contribution in [3.8, 4) is 11.5 Å². The molecular weight excluding hydrogens is 359 g/mol. The lowest BCUT2D eigenvalue weighted by atomic mass is 10.1. The van der Waals surface area contributed by atoms with Crippen LogP contribution in [0.25, 0.3) is 0 Å². The molecule has 5 nitrogen and oxygen atoms in total. The number of benzene rings is 2. The summed E-state index contributed by atoms with van der Waals surface area (Å²) in [5, 5.41) is 0. The highest BCUT2D eigenvalue weighted by Gasteiger charge is 2.22. The molecule has 2 aromatic rings. The van der Waals surface area contributed by atoms with Gasteiger partial charge in [-0.25, -0.2) is 4.39 Å². The van der Waals surface area contributed by atoms with E-state index >= 15 is 0 Å². The standard InChI is InChI=1S/C22H23FN2O3/c23-17-7-5-16(6-8-17)19(26)15-25(22-4-2-1-3-11-24-22)18-9-10-20-21(14-18)28-13-12-27-20/h5-10,14H,1-4,11-13,15H2. The van der Waals surface area contributed by atoms with Gasteiger partial charge in [-0.05, 0) is 49.2 Å². The van der Waals surface area contributed by atoms with Crippen LogP contribution < -0.4 is 14.4 Å². The third-order valence-electron chi connectivity index (χ3n) is 4.97. The predicted octanol–water partition coefficient (Wildman–Crippen LogP) is 4.26. The molecule has 0 aromatic heterocycles. The van der Waals surface area contributed by atoms with Crippen LogP contribution in [0.5, 0.6) is 11.5 Å². The molecule has 0 amide bonds. The quantitative estimate of drug-likeness (QED) is 0.742. The van der Waals surface area contributed by atoms with Crippen LogP contribution in [0.3, 0.4) is 0 Å². The number of Topliss-reactive ketones (excluding diaryl/α,β-unsaturated/α-hetero) is 1. The normalized spacial score (nSPS) is 16.1. The Bertz CT molecular complexity index is 880. The van der Waals surface area contributed by atoms with Crippen molar-refractivity contribution in [1.29, 1.82) is 0 Å². The number of anilines is 1. The lowest BCUT2D eigenvalue weighted by molar-refractivity contribution is 0.100. The van der Waals surface area contributed by atoms with E-state index in [-0.39, 0.29) is 18.1 Å². The van der Waals surface area contributed by atoms with Gasteiger partial charge in [0.05, 0.1) is 6.54 Å². The Morgan fingerprint density at radius 1 is 1.00 bits per heavy atom. The van der Waals surface area contributed by atoms with Crippen molar-refractivity contribution in [2.45, 2.75) is 25.7 Å². The summed E-state index contributed by atoms with van der Waals surface area (Å²) in [5.41, 5.74) is 1.33. The molecule has 146 valence electrons. The number of ether oxygens (including phenoxy) is 2. The van der Waals surface area contributed by atoms with Gasteiger partial charge in [-0.2, -0.15) is 0 Å². The van der Waals surface area contributed by atoms with E-state index in [9.17, 15) is 9.18 Å². The molecule has 0 bridgehead atoms. The minimum absolute atomic E-state index is 0.0816. The molecule has 0 saturated heterocycles. The fraction of sp³-hybridized carbons (Fsp3) is 0.364. The number of aliphatic imine (C=N–C) groups is 1. The maximum atomic E-state index is 13.2. The van der Waals surface area contributed by atoms with Crippen LogP contribution in [-0.4, -0.2) is 37.9 Å². The number of rotatable bonds is 4. The van der Waals surface area contributed by atoms with Gasteiger partial charge in [0.15, 0.2) is 17.3 Å². The van der Waals surface area contributed by atoms with E-state index in [0.717, 1.165) is 43.8 Å². The molecule has 0 saturated carbocycles. The highest BCUT2D eigenvalue weighted by molar-refractivity contribution is 6.07. The molecule has 2 aliphatic rings. The van der Waals surface area contributed by atoms with Gasteiger partial charge in [0.2, 0.25) is 0 Å². The summed E-state index contributed by atoms with van der Waals surface area (Å²) in [6, 6.07) is 11.4. The average Bonchev–Trinajstić information content (AvgIpc) is 3.01. The number of nitrogens with zero attached hydrogens (tertiary/aromatic N) is 2. The summed E-state index contributed by atoms with van der Waals surface area (Å²) in [6.07, 6.45) is 4.06. The number of hydrogen-bond acceptors (Lipinski definition) is 5. The van der Waals surface area contributed by atoms with E-state index in [1.54, 1.807) is 0 Å². The maximum absolute atomic E-state index is 13.2. The molecule has 28 heavy (non-hydrogen) atoms. The molecule has 2 aliphatic heterocycles. The molecule has 0 radical (unpaired) electrons. The van der Waals surface area contributed by atoms with Gasteiger partial charge in [-0.15, -0.1) is 0 Å². The average molecular weight is 382 g/mol. The van der Waals surface area contributed by atoms with E-state index in [2.05, 4.69) is 0 Å². The molecule has 2 aromatic carbocycles. The van der Waals surface area contributed by atoms with Crippen LogP contribution in [-0.2, 0) is 0 Å². The van der Waals surface area contributed by atoms with E-state index in [1.807, 2.05) is 23.1 Å². The van der Waals surface area contributed by atoms with Crippen LogP contribution in [0.1, 0.15) is 36.0 Å². The van der Waals surface area contributed by atoms with Crippen molar-refractivity contribution in [2.24, 2.45) is 4.99 Å². The van der Waals surface area contributed by atoms with Gasteiger partial charge in [-0.3, -0.25) is 9.79 Å². The smallest absolute Gasteiger partial charge is 0.182 e. The molecule has 0 atom stereocenters. The summed E-state index contributed by atoms with van der Waals surface area (Å²) in [6.45, 7) is 1.95. The summed E-state index contributed by atoms with van der Waals surface area (Å²) in [5.74, 6) is 1.86. The van der Waals surface area contributed by atoms with Gasteiger partial charge in [-0.1, -0.05) is 6.42 Å². The zero-order valence-electron chi connectivity index (χ0n) is 15.7. The lowest BCUT2D eigenvalue weighted by Crippen LogP contribution is -2.36. The minimum Gasteiger partial charge on any atom is -0.486 e. The van der Waals surface area contributed by atoms with Gasteiger partial charge >= 0.3 is 0 Å². The Balaban J connectivity index is 1.64. The van der Waals surface area contributed by atoms with Crippen molar-refractivity contribution < 1.29 is 18.7 Å². The Kier molecular flexibility index (Phi) is 5.55. The number of fused-ring (bicyclic) bond motifs is 1. The number of hydrogen-bond donors (Lipinski definition) is 0. The second kappa shape index (κ2) is 8.42. The SMILES string of the molecule is O=C(CN(C1=NCCCCC1)c1ccc2c(c1)OCCO2)c1ccc(F)cc1. The molecule has 4 rings (SSSR count). The molecule has 0 N–H and O–H groups in total. The van der Waals surface area contributed by atoms with Crippen molar-refractivity contribution in [3.63, 3.8) is 0 Å². The molecule has 0 fully saturated rings. The fourth-order valence-electron chi connectivity index (χ4n) is 3.48. The van der Waals surface area contributed by atoms with Gasteiger partial charge in [0.1, 0.15) is 24.9 Å². The van der Waals surface area contributed by atoms with Crippen molar-refractivity contribution in [3.05, 3.63) is 53.8 Å². The van der Waals surface area contributed by atoms with Crippen molar-refractivity contribution in [1.82, 2.24) is 0 Å². The second-order valence-corrected chi connectivity index (χ2v) is 6.95. The van der Waals surface area contributed by atoms with Crippen LogP contribution >= 0.6 is 0 Å². The first-order chi connectivity index (χ1) is 13.7. The number of ketones is 1. The van der Waals surface area contributed by atoms with Gasteiger partial charge in [0.25, 0.3) is 0 Å². The van der Waals surface area contributed by atoms with E-state index in [4.69, 9.17) is 14.5 Å². The first-order valence-electron chi connectivity index (χ1n) is 9.70. The maximum Gasteiger partial charge on any atom is 0.182 e. The van der Waals surface area contributed by atoms with E-state index < -0.39 is 0 Å². The number of carbonyl (C=O) groups excluding carboxylic acids is 1. The molecule has 6 heteroatoms. The number of carbonyl (C=O) groups is 1. The summed E-state index contributed by atoms with van der Waals surface area (Å²) in [7, 11) is 0. The monoisotopic (exact) mass is 382 g/mol. The fourth-order valence-corrected chi connectivity index (χ4v) is 3.48. The third kappa shape index (κ3) is 4.16. The molecule has 0 aliphatic carbocycles. The number of halogens is 1. The van der Waals surface area contributed by atoms with Gasteiger partial charge < -0.3 is 14.4 Å². The Morgan fingerprint density at radius 3 is 2.61 bits per heavy atom. The minimum atomic E-state index is -0.353. The second-order valence-electron chi connectivity index (χ2n) is 6.95. The summed E-state index contributed by atoms with van der Waals surface area (Å²) < 4.78 is 24.5. The molecule has 0 unspecified atom stereocenters. The third-order valence-corrected chi connectivity index (χ3v) is 4.97. The zero-order valence-corrected chi connectivity index (χ0v) is 15.7. The largest absolute Gasteiger partial charge is 0.486 e. The summed E-state index contributed by atoms with van der Waals surface area (Å²) >= 11 is 0. The Morgan fingerprint density at radius 2 is 1.79 bits per heavy atom. The first-order valence-corrected chi connectivity index (χ1v) is 9.70. The van der Waals surface area contributed by atoms with Crippen LogP contribution in [0, 0.1) is 5.82 Å². The molecule has 0 spiro atoms. The van der Waals surface area contributed by atoms with Crippen molar-refractivity contribution >= 4 is 17.3 Å². The Labute approximate surface area is 163 Å².